The maximum Gasteiger partial charge on any atom is 0.147 e. The van der Waals surface area contributed by atoms with E-state index in [1.54, 1.807) is 0 Å². The third-order valence-corrected chi connectivity index (χ3v) is 8.95. The standard InChI is InChI=1S/C21H33NO6/c1-22-7-13-19(17(24-2)6-18-21(13)28-9-27-18)12-3-14(23)10-4-15-16(26-8-25-15)5-11(10)20(12)22/h10-21,23H,3-9H2,1-2H3. The second kappa shape index (κ2) is 6.87. The predicted octanol–water partition coefficient (Wildman–Crippen LogP) is 0.842. The fraction of sp³-hybridized carbons (Fsp3) is 1.00. The molecule has 0 aromatic rings. The van der Waals surface area contributed by atoms with Crippen molar-refractivity contribution in [2.75, 3.05) is 34.3 Å². The zero-order chi connectivity index (χ0) is 19.0. The first kappa shape index (κ1) is 18.5. The fourth-order valence-corrected chi connectivity index (χ4v) is 7.95. The Morgan fingerprint density at radius 1 is 0.821 bits per heavy atom. The van der Waals surface area contributed by atoms with Crippen molar-refractivity contribution < 1.29 is 28.8 Å². The summed E-state index contributed by atoms with van der Waals surface area (Å²) in [5.41, 5.74) is 0. The van der Waals surface area contributed by atoms with Crippen molar-refractivity contribution in [3.8, 4) is 0 Å². The smallest absolute Gasteiger partial charge is 0.147 e. The van der Waals surface area contributed by atoms with Crippen molar-refractivity contribution >= 4 is 0 Å². The third kappa shape index (κ3) is 2.60. The number of ether oxygens (including phenoxy) is 5. The lowest BCUT2D eigenvalue weighted by atomic mass is 9.53. The Kier molecular flexibility index (Phi) is 4.54. The molecule has 0 bridgehead atoms. The molecule has 7 nitrogen and oxygen atoms in total. The largest absolute Gasteiger partial charge is 0.393 e. The highest BCUT2D eigenvalue weighted by atomic mass is 16.7. The average molecular weight is 395 g/mol. The van der Waals surface area contributed by atoms with E-state index in [-0.39, 0.29) is 36.6 Å². The highest BCUT2D eigenvalue weighted by molar-refractivity contribution is 5.11. The molecule has 0 aromatic heterocycles. The lowest BCUT2D eigenvalue weighted by Crippen LogP contribution is -2.68. The van der Waals surface area contributed by atoms with Crippen LogP contribution < -0.4 is 0 Å². The minimum Gasteiger partial charge on any atom is -0.393 e. The molecule has 0 amide bonds. The van der Waals surface area contributed by atoms with Crippen molar-refractivity contribution in [1.29, 1.82) is 0 Å². The highest BCUT2D eigenvalue weighted by Gasteiger charge is 2.61. The van der Waals surface area contributed by atoms with E-state index in [1.807, 2.05) is 7.11 Å². The first-order chi connectivity index (χ1) is 13.7. The van der Waals surface area contributed by atoms with Crippen molar-refractivity contribution in [3.05, 3.63) is 0 Å². The maximum absolute atomic E-state index is 11.2. The van der Waals surface area contributed by atoms with Crippen LogP contribution in [0.25, 0.3) is 0 Å². The van der Waals surface area contributed by atoms with Crippen molar-refractivity contribution in [2.45, 2.75) is 68.3 Å². The Bertz CT molecular complexity index is 605. The van der Waals surface area contributed by atoms with E-state index in [9.17, 15) is 5.11 Å². The van der Waals surface area contributed by atoms with Gasteiger partial charge in [0.25, 0.3) is 0 Å². The van der Waals surface area contributed by atoms with Gasteiger partial charge in [-0.2, -0.15) is 0 Å². The van der Waals surface area contributed by atoms with Gasteiger partial charge in [0, 0.05) is 32.0 Å². The first-order valence-electron chi connectivity index (χ1n) is 11.0. The summed E-state index contributed by atoms with van der Waals surface area (Å²) in [6.07, 6.45) is 4.28. The van der Waals surface area contributed by atoms with Gasteiger partial charge in [-0.3, -0.25) is 0 Å². The van der Waals surface area contributed by atoms with E-state index in [2.05, 4.69) is 11.9 Å². The minimum atomic E-state index is -0.264. The van der Waals surface area contributed by atoms with Crippen LogP contribution in [-0.4, -0.2) is 87.0 Å². The minimum absolute atomic E-state index is 0.150. The quantitative estimate of drug-likeness (QED) is 0.706. The molecule has 0 spiro atoms. The number of piperidine rings is 1. The molecule has 3 heterocycles. The number of rotatable bonds is 1. The van der Waals surface area contributed by atoms with Crippen LogP contribution in [0.15, 0.2) is 0 Å². The monoisotopic (exact) mass is 395 g/mol. The summed E-state index contributed by atoms with van der Waals surface area (Å²) in [5, 5.41) is 11.2. The van der Waals surface area contributed by atoms with Crippen LogP contribution in [0.2, 0.25) is 0 Å². The topological polar surface area (TPSA) is 69.6 Å². The number of aliphatic hydroxyl groups is 1. The molecule has 6 aliphatic rings. The molecule has 28 heavy (non-hydrogen) atoms. The lowest BCUT2D eigenvalue weighted by Gasteiger charge is -2.61. The van der Waals surface area contributed by atoms with Gasteiger partial charge in [0.1, 0.15) is 13.6 Å². The second-order valence-corrected chi connectivity index (χ2v) is 9.93. The van der Waals surface area contributed by atoms with Crippen molar-refractivity contribution in [1.82, 2.24) is 4.90 Å². The molecule has 7 heteroatoms. The Morgan fingerprint density at radius 2 is 1.54 bits per heavy atom. The highest BCUT2D eigenvalue weighted by Crippen LogP contribution is 2.55. The third-order valence-electron chi connectivity index (χ3n) is 8.95. The van der Waals surface area contributed by atoms with Crippen molar-refractivity contribution in [2.24, 2.45) is 29.6 Å². The van der Waals surface area contributed by atoms with E-state index >= 15 is 0 Å². The van der Waals surface area contributed by atoms with Crippen LogP contribution in [0, 0.1) is 29.6 Å². The summed E-state index contributed by atoms with van der Waals surface area (Å²) in [6, 6.07) is 0.469. The van der Waals surface area contributed by atoms with E-state index in [1.165, 1.54) is 0 Å². The van der Waals surface area contributed by atoms with Crippen LogP contribution in [0.5, 0.6) is 0 Å². The molecule has 3 aliphatic carbocycles. The predicted molar refractivity (Wildman–Crippen MR) is 98.4 cm³/mol. The van der Waals surface area contributed by atoms with E-state index < -0.39 is 0 Å². The van der Waals surface area contributed by atoms with Crippen LogP contribution in [0.4, 0.5) is 0 Å². The Labute approximate surface area is 166 Å². The van der Waals surface area contributed by atoms with Crippen LogP contribution in [-0.2, 0) is 23.7 Å². The molecule has 1 N–H and O–H groups in total. The number of aliphatic hydroxyl groups excluding tert-OH is 1. The Morgan fingerprint density at radius 3 is 2.32 bits per heavy atom. The lowest BCUT2D eigenvalue weighted by molar-refractivity contribution is -0.187. The summed E-state index contributed by atoms with van der Waals surface area (Å²) in [4.78, 5) is 2.56. The first-order valence-corrected chi connectivity index (χ1v) is 11.0. The summed E-state index contributed by atoms with van der Waals surface area (Å²) in [6.45, 7) is 1.83. The van der Waals surface area contributed by atoms with Crippen molar-refractivity contribution in [3.63, 3.8) is 0 Å². The van der Waals surface area contributed by atoms with Crippen LogP contribution in [0.1, 0.15) is 25.7 Å². The molecule has 3 saturated heterocycles. The fourth-order valence-electron chi connectivity index (χ4n) is 7.95. The molecule has 3 aliphatic heterocycles. The molecule has 0 aromatic carbocycles. The summed E-state index contributed by atoms with van der Waals surface area (Å²) in [7, 11) is 4.10. The number of hydrogen-bond donors (Lipinski definition) is 1. The average Bonchev–Trinajstić information content (AvgIpc) is 3.34. The zero-order valence-electron chi connectivity index (χ0n) is 16.8. The molecule has 6 fully saturated rings. The Balaban J connectivity index is 1.33. The van der Waals surface area contributed by atoms with E-state index in [0.717, 1.165) is 32.2 Å². The van der Waals surface area contributed by atoms with Gasteiger partial charge in [0.05, 0.1) is 36.6 Å². The summed E-state index contributed by atoms with van der Waals surface area (Å²) in [5.74, 6) is 2.02. The van der Waals surface area contributed by atoms with Crippen LogP contribution >= 0.6 is 0 Å². The number of likely N-dealkylation sites (tertiary alicyclic amines) is 1. The second-order valence-electron chi connectivity index (χ2n) is 9.93. The van der Waals surface area contributed by atoms with Gasteiger partial charge < -0.3 is 33.7 Å². The molecule has 3 saturated carbocycles. The van der Waals surface area contributed by atoms with E-state index in [4.69, 9.17) is 23.7 Å². The van der Waals surface area contributed by atoms with Crippen LogP contribution in [0.3, 0.4) is 0 Å². The van der Waals surface area contributed by atoms with Gasteiger partial charge in [-0.25, -0.2) is 0 Å². The Hall–Kier alpha value is -0.280. The molecule has 0 radical (unpaired) electrons. The number of fused-ring (bicyclic) bond motifs is 8. The SMILES string of the molecule is COC1CC2OCOC2C2CN(C)C3C4CC5OCOC5CC4C(O)CC3C12. The molecule has 158 valence electrons. The van der Waals surface area contributed by atoms with Gasteiger partial charge in [0.15, 0.2) is 0 Å². The molecular weight excluding hydrogens is 362 g/mol. The van der Waals surface area contributed by atoms with Gasteiger partial charge >= 0.3 is 0 Å². The van der Waals surface area contributed by atoms with Gasteiger partial charge in [0.2, 0.25) is 0 Å². The number of nitrogens with zero attached hydrogens (tertiary/aromatic N) is 1. The molecule has 6 rings (SSSR count). The molecule has 12 unspecified atom stereocenters. The van der Waals surface area contributed by atoms with Gasteiger partial charge in [-0.05, 0) is 50.0 Å². The number of hydrogen-bond acceptors (Lipinski definition) is 7. The van der Waals surface area contributed by atoms with Gasteiger partial charge in [-0.1, -0.05) is 0 Å². The van der Waals surface area contributed by atoms with E-state index in [0.29, 0.717) is 49.2 Å². The molecule has 12 atom stereocenters. The number of methoxy groups -OCH3 is 1. The molecular formula is C21H33NO6. The summed E-state index contributed by atoms with van der Waals surface area (Å²) >= 11 is 0. The zero-order valence-corrected chi connectivity index (χ0v) is 16.8. The van der Waals surface area contributed by atoms with Gasteiger partial charge in [-0.15, -0.1) is 0 Å². The normalized spacial score (nSPS) is 58.4. The maximum atomic E-state index is 11.2. The summed E-state index contributed by atoms with van der Waals surface area (Å²) < 4.78 is 29.6.